The van der Waals surface area contributed by atoms with Gasteiger partial charge in [-0.25, -0.2) is 0 Å². The van der Waals surface area contributed by atoms with Gasteiger partial charge in [0.1, 0.15) is 5.75 Å². The van der Waals surface area contributed by atoms with Crippen molar-refractivity contribution in [2.24, 2.45) is 5.92 Å². The van der Waals surface area contributed by atoms with E-state index in [1.807, 2.05) is 38.2 Å². The molecular weight excluding hydrogens is 264 g/mol. The lowest BCUT2D eigenvalue weighted by Crippen LogP contribution is -2.31. The van der Waals surface area contributed by atoms with Crippen LogP contribution in [0.1, 0.15) is 37.0 Å². The molecule has 0 unspecified atom stereocenters. The molecule has 2 heterocycles. The van der Waals surface area contributed by atoms with E-state index in [2.05, 4.69) is 10.3 Å². The second kappa shape index (κ2) is 5.90. The van der Waals surface area contributed by atoms with Gasteiger partial charge in [0.15, 0.2) is 5.78 Å². The van der Waals surface area contributed by atoms with Gasteiger partial charge in [-0.15, -0.1) is 0 Å². The minimum absolute atomic E-state index is 0.0901. The van der Waals surface area contributed by atoms with Gasteiger partial charge in [-0.05, 0) is 51.9 Å². The average molecular weight is 286 g/mol. The summed E-state index contributed by atoms with van der Waals surface area (Å²) in [6.07, 6.45) is 3.76. The van der Waals surface area contributed by atoms with Gasteiger partial charge in [0, 0.05) is 23.2 Å². The Morgan fingerprint density at radius 2 is 2.05 bits per heavy atom. The molecule has 0 atom stereocenters. The minimum atomic E-state index is 0.0901. The van der Waals surface area contributed by atoms with Crippen LogP contribution >= 0.6 is 0 Å². The first-order valence-corrected chi connectivity index (χ1v) is 7.68. The molecule has 0 radical (unpaired) electrons. The topological polar surface area (TPSA) is 54.1 Å². The van der Waals surface area contributed by atoms with Crippen molar-refractivity contribution in [2.75, 3.05) is 13.1 Å². The minimum Gasteiger partial charge on any atom is -0.490 e. The predicted molar refractivity (Wildman–Crippen MR) is 84.0 cm³/mol. The lowest BCUT2D eigenvalue weighted by atomic mass is 9.89. The Morgan fingerprint density at radius 1 is 1.29 bits per heavy atom. The molecule has 0 bridgehead atoms. The number of carbonyl (C=O) groups excluding carboxylic acids is 1. The number of rotatable bonds is 4. The summed E-state index contributed by atoms with van der Waals surface area (Å²) in [5.41, 5.74) is 1.73. The molecule has 112 valence electrons. The van der Waals surface area contributed by atoms with E-state index in [9.17, 15) is 4.79 Å². The van der Waals surface area contributed by atoms with E-state index in [-0.39, 0.29) is 17.8 Å². The number of ketones is 1. The lowest BCUT2D eigenvalue weighted by molar-refractivity contribution is 0.0896. The number of piperidine rings is 1. The van der Waals surface area contributed by atoms with Crippen molar-refractivity contribution in [3.05, 3.63) is 30.0 Å². The first kappa shape index (κ1) is 14.1. The highest BCUT2D eigenvalue weighted by atomic mass is 16.5. The second-order valence-corrected chi connectivity index (χ2v) is 5.94. The maximum Gasteiger partial charge on any atom is 0.168 e. The maximum absolute atomic E-state index is 12.8. The molecule has 2 N–H and O–H groups in total. The summed E-state index contributed by atoms with van der Waals surface area (Å²) in [6.45, 7) is 5.85. The van der Waals surface area contributed by atoms with Gasteiger partial charge in [-0.1, -0.05) is 6.07 Å². The molecule has 4 heteroatoms. The van der Waals surface area contributed by atoms with Crippen LogP contribution in [0, 0.1) is 5.92 Å². The molecule has 1 aromatic heterocycles. The summed E-state index contributed by atoms with van der Waals surface area (Å²) >= 11 is 0. The molecule has 0 spiro atoms. The Kier molecular flexibility index (Phi) is 3.97. The van der Waals surface area contributed by atoms with Crippen LogP contribution in [0.25, 0.3) is 10.9 Å². The highest BCUT2D eigenvalue weighted by Gasteiger charge is 2.25. The molecule has 1 aliphatic rings. The van der Waals surface area contributed by atoms with Crippen molar-refractivity contribution in [2.45, 2.75) is 32.8 Å². The third-order valence-electron chi connectivity index (χ3n) is 4.01. The normalized spacial score (nSPS) is 16.5. The Hall–Kier alpha value is -1.81. The van der Waals surface area contributed by atoms with Crippen LogP contribution < -0.4 is 10.1 Å². The van der Waals surface area contributed by atoms with Gasteiger partial charge >= 0.3 is 0 Å². The standard InChI is InChI=1S/C17H22N2O2/c1-11(2)21-15-5-3-4-14-16(15)13(10-19-14)17(20)12-6-8-18-9-7-12/h3-5,10-12,18-19H,6-9H2,1-2H3. The van der Waals surface area contributed by atoms with Crippen LogP contribution in [-0.4, -0.2) is 30.0 Å². The number of nitrogens with one attached hydrogen (secondary N) is 2. The maximum atomic E-state index is 12.8. The van der Waals surface area contributed by atoms with E-state index in [0.717, 1.165) is 48.1 Å². The molecule has 2 aromatic rings. The number of Topliss-reactive ketones (excluding diaryl/α,β-unsaturated/α-hetero) is 1. The molecule has 0 saturated carbocycles. The molecule has 1 aromatic carbocycles. The number of aromatic amines is 1. The first-order chi connectivity index (χ1) is 10.2. The number of hydrogen-bond acceptors (Lipinski definition) is 3. The number of H-pyrrole nitrogens is 1. The largest absolute Gasteiger partial charge is 0.490 e. The van der Waals surface area contributed by atoms with Gasteiger partial charge in [0.2, 0.25) is 0 Å². The number of carbonyl (C=O) groups is 1. The predicted octanol–water partition coefficient (Wildman–Crippen LogP) is 3.14. The molecule has 1 aliphatic heterocycles. The van der Waals surface area contributed by atoms with Crippen molar-refractivity contribution in [3.63, 3.8) is 0 Å². The second-order valence-electron chi connectivity index (χ2n) is 5.94. The van der Waals surface area contributed by atoms with Crippen molar-refractivity contribution >= 4 is 16.7 Å². The van der Waals surface area contributed by atoms with Crippen LogP contribution in [0.2, 0.25) is 0 Å². The highest BCUT2D eigenvalue weighted by molar-refractivity contribution is 6.10. The Bertz CT molecular complexity index is 639. The summed E-state index contributed by atoms with van der Waals surface area (Å²) in [7, 11) is 0. The van der Waals surface area contributed by atoms with E-state index >= 15 is 0 Å². The van der Waals surface area contributed by atoms with E-state index in [4.69, 9.17) is 4.74 Å². The SMILES string of the molecule is CC(C)Oc1cccc2[nH]cc(C(=O)C3CCNCC3)c12. The van der Waals surface area contributed by atoms with E-state index in [1.165, 1.54) is 0 Å². The van der Waals surface area contributed by atoms with Crippen LogP contribution in [0.3, 0.4) is 0 Å². The fourth-order valence-corrected chi connectivity index (χ4v) is 3.00. The Balaban J connectivity index is 1.99. The van der Waals surface area contributed by atoms with Crippen molar-refractivity contribution in [1.29, 1.82) is 0 Å². The monoisotopic (exact) mass is 286 g/mol. The Morgan fingerprint density at radius 3 is 2.76 bits per heavy atom. The molecule has 1 saturated heterocycles. The van der Waals surface area contributed by atoms with Crippen molar-refractivity contribution < 1.29 is 9.53 Å². The third-order valence-corrected chi connectivity index (χ3v) is 4.01. The number of fused-ring (bicyclic) bond motifs is 1. The number of aromatic nitrogens is 1. The van der Waals surface area contributed by atoms with Gasteiger partial charge in [-0.3, -0.25) is 4.79 Å². The fourth-order valence-electron chi connectivity index (χ4n) is 3.00. The van der Waals surface area contributed by atoms with Crippen LogP contribution in [0.4, 0.5) is 0 Å². The summed E-state index contributed by atoms with van der Waals surface area (Å²) in [6, 6.07) is 5.88. The van der Waals surface area contributed by atoms with Gasteiger partial charge in [0.25, 0.3) is 0 Å². The molecule has 0 amide bonds. The fraction of sp³-hybridized carbons (Fsp3) is 0.471. The summed E-state index contributed by atoms with van der Waals surface area (Å²) in [5, 5.41) is 4.23. The number of ether oxygens (including phenoxy) is 1. The van der Waals surface area contributed by atoms with Gasteiger partial charge < -0.3 is 15.0 Å². The molecule has 21 heavy (non-hydrogen) atoms. The first-order valence-electron chi connectivity index (χ1n) is 7.68. The van der Waals surface area contributed by atoms with Crippen LogP contribution in [0.5, 0.6) is 5.75 Å². The zero-order chi connectivity index (χ0) is 14.8. The quantitative estimate of drug-likeness (QED) is 0.849. The summed E-state index contributed by atoms with van der Waals surface area (Å²) in [4.78, 5) is 16.0. The van der Waals surface area contributed by atoms with E-state index in [0.29, 0.717) is 0 Å². The summed E-state index contributed by atoms with van der Waals surface area (Å²) < 4.78 is 5.88. The average Bonchev–Trinajstić information content (AvgIpc) is 2.92. The van der Waals surface area contributed by atoms with E-state index < -0.39 is 0 Å². The molecule has 1 fully saturated rings. The zero-order valence-electron chi connectivity index (χ0n) is 12.6. The van der Waals surface area contributed by atoms with Crippen LogP contribution in [0.15, 0.2) is 24.4 Å². The van der Waals surface area contributed by atoms with E-state index in [1.54, 1.807) is 0 Å². The molecular formula is C17H22N2O2. The zero-order valence-corrected chi connectivity index (χ0v) is 12.6. The Labute approximate surface area is 124 Å². The number of benzene rings is 1. The lowest BCUT2D eigenvalue weighted by Gasteiger charge is -2.21. The summed E-state index contributed by atoms with van der Waals surface area (Å²) in [5.74, 6) is 1.15. The smallest absolute Gasteiger partial charge is 0.168 e. The molecule has 3 rings (SSSR count). The van der Waals surface area contributed by atoms with Gasteiger partial charge in [0.05, 0.1) is 11.5 Å². The number of hydrogen-bond donors (Lipinski definition) is 2. The molecule has 0 aliphatic carbocycles. The van der Waals surface area contributed by atoms with Gasteiger partial charge in [-0.2, -0.15) is 0 Å². The van der Waals surface area contributed by atoms with Crippen molar-refractivity contribution in [3.8, 4) is 5.75 Å². The molecule has 4 nitrogen and oxygen atoms in total. The van der Waals surface area contributed by atoms with Crippen molar-refractivity contribution in [1.82, 2.24) is 10.3 Å². The third kappa shape index (κ3) is 2.81. The highest BCUT2D eigenvalue weighted by Crippen LogP contribution is 2.32. The van der Waals surface area contributed by atoms with Crippen LogP contribution in [-0.2, 0) is 0 Å².